The molecule has 0 bridgehead atoms. The van der Waals surface area contributed by atoms with Gasteiger partial charge in [0.1, 0.15) is 5.75 Å². The van der Waals surface area contributed by atoms with Gasteiger partial charge in [-0.05, 0) is 51.3 Å². The summed E-state index contributed by atoms with van der Waals surface area (Å²) in [6, 6.07) is 5.83. The summed E-state index contributed by atoms with van der Waals surface area (Å²) < 4.78 is 5.85. The van der Waals surface area contributed by atoms with E-state index < -0.39 is 6.10 Å². The maximum Gasteiger partial charge on any atom is 0.263 e. The van der Waals surface area contributed by atoms with Crippen LogP contribution in [0, 0.1) is 5.92 Å². The van der Waals surface area contributed by atoms with Crippen LogP contribution in [0.4, 0.5) is 5.69 Å². The standard InChI is InChI=1S/C20H28N2O3/c1-4-13(2)22-12-16-11-17(21-19(23)15-7-5-6-8-15)9-10-18(16)25-14(3)20(22)24/h9-11,13-15H,4-8,12H2,1-3H3,(H,21,23)/t13-,14-/m1/s1. The van der Waals surface area contributed by atoms with Crippen LogP contribution in [-0.4, -0.2) is 28.9 Å². The Balaban J connectivity index is 1.81. The lowest BCUT2D eigenvalue weighted by molar-refractivity contribution is -0.139. The van der Waals surface area contributed by atoms with Crippen molar-refractivity contribution in [1.29, 1.82) is 0 Å². The molecule has 2 atom stereocenters. The second-order valence-electron chi connectivity index (χ2n) is 7.28. The number of benzene rings is 1. The second-order valence-corrected chi connectivity index (χ2v) is 7.28. The van der Waals surface area contributed by atoms with Crippen molar-refractivity contribution >= 4 is 17.5 Å². The van der Waals surface area contributed by atoms with Gasteiger partial charge in [-0.25, -0.2) is 0 Å². The average Bonchev–Trinajstić information content (AvgIpc) is 3.11. The summed E-state index contributed by atoms with van der Waals surface area (Å²) in [6.45, 7) is 6.44. The summed E-state index contributed by atoms with van der Waals surface area (Å²) in [5.41, 5.74) is 1.73. The van der Waals surface area contributed by atoms with Gasteiger partial charge in [0.15, 0.2) is 6.10 Å². The topological polar surface area (TPSA) is 58.6 Å². The zero-order valence-corrected chi connectivity index (χ0v) is 15.4. The van der Waals surface area contributed by atoms with E-state index in [0.717, 1.165) is 49.1 Å². The molecule has 1 N–H and O–H groups in total. The Morgan fingerprint density at radius 2 is 2.08 bits per heavy atom. The van der Waals surface area contributed by atoms with Crippen LogP contribution in [0.1, 0.15) is 58.4 Å². The fourth-order valence-electron chi connectivity index (χ4n) is 3.66. The van der Waals surface area contributed by atoms with Crippen LogP contribution in [-0.2, 0) is 16.1 Å². The minimum absolute atomic E-state index is 0.0158. The Morgan fingerprint density at radius 1 is 1.36 bits per heavy atom. The summed E-state index contributed by atoms with van der Waals surface area (Å²) in [4.78, 5) is 26.8. The van der Waals surface area contributed by atoms with Gasteiger partial charge in [-0.2, -0.15) is 0 Å². The number of nitrogens with one attached hydrogen (secondary N) is 1. The summed E-state index contributed by atoms with van der Waals surface area (Å²) in [7, 11) is 0. The molecule has 5 heteroatoms. The average molecular weight is 344 g/mol. The fourth-order valence-corrected chi connectivity index (χ4v) is 3.66. The van der Waals surface area contributed by atoms with E-state index in [1.54, 1.807) is 6.92 Å². The van der Waals surface area contributed by atoms with Gasteiger partial charge >= 0.3 is 0 Å². The first-order valence-corrected chi connectivity index (χ1v) is 9.40. The van der Waals surface area contributed by atoms with Crippen LogP contribution in [0.15, 0.2) is 18.2 Å². The van der Waals surface area contributed by atoms with Crippen molar-refractivity contribution in [1.82, 2.24) is 4.90 Å². The summed E-state index contributed by atoms with van der Waals surface area (Å²) in [5, 5.41) is 3.04. The molecule has 0 spiro atoms. The lowest BCUT2D eigenvalue weighted by atomic mass is 10.1. The Kier molecular flexibility index (Phi) is 5.30. The second kappa shape index (κ2) is 7.46. The third-order valence-corrected chi connectivity index (χ3v) is 5.45. The lowest BCUT2D eigenvalue weighted by Gasteiger charge is -2.28. The monoisotopic (exact) mass is 344 g/mol. The van der Waals surface area contributed by atoms with Crippen LogP contribution < -0.4 is 10.1 Å². The molecule has 2 aliphatic rings. The number of nitrogens with zero attached hydrogens (tertiary/aromatic N) is 1. The van der Waals surface area contributed by atoms with E-state index in [4.69, 9.17) is 4.74 Å². The van der Waals surface area contributed by atoms with E-state index in [-0.39, 0.29) is 23.8 Å². The highest BCUT2D eigenvalue weighted by Gasteiger charge is 2.30. The highest BCUT2D eigenvalue weighted by molar-refractivity contribution is 5.93. The summed E-state index contributed by atoms with van der Waals surface area (Å²) in [5.74, 6) is 0.982. The van der Waals surface area contributed by atoms with Crippen LogP contribution in [0.25, 0.3) is 0 Å². The van der Waals surface area contributed by atoms with Crippen LogP contribution >= 0.6 is 0 Å². The maximum absolute atomic E-state index is 12.6. The fraction of sp³-hybridized carbons (Fsp3) is 0.600. The zero-order valence-electron chi connectivity index (χ0n) is 15.4. The molecule has 0 radical (unpaired) electrons. The molecule has 136 valence electrons. The first-order valence-electron chi connectivity index (χ1n) is 9.40. The van der Waals surface area contributed by atoms with Gasteiger partial charge in [0.2, 0.25) is 5.91 Å². The minimum Gasteiger partial charge on any atom is -0.481 e. The van der Waals surface area contributed by atoms with E-state index >= 15 is 0 Å². The van der Waals surface area contributed by atoms with E-state index in [9.17, 15) is 9.59 Å². The van der Waals surface area contributed by atoms with Crippen molar-refractivity contribution in [2.45, 2.75) is 71.6 Å². The van der Waals surface area contributed by atoms with Gasteiger partial charge in [-0.3, -0.25) is 9.59 Å². The normalized spacial score (nSPS) is 22.1. The number of fused-ring (bicyclic) bond motifs is 1. The SMILES string of the molecule is CC[C@@H](C)N1Cc2cc(NC(=O)C3CCCC3)ccc2O[C@H](C)C1=O. The van der Waals surface area contributed by atoms with Gasteiger partial charge in [-0.15, -0.1) is 0 Å². The summed E-state index contributed by atoms with van der Waals surface area (Å²) in [6.07, 6.45) is 4.64. The highest BCUT2D eigenvalue weighted by Crippen LogP contribution is 2.31. The number of ether oxygens (including phenoxy) is 1. The number of carbonyl (C=O) groups is 2. The van der Waals surface area contributed by atoms with Gasteiger partial charge in [0, 0.05) is 29.8 Å². The number of rotatable bonds is 4. The van der Waals surface area contributed by atoms with Gasteiger partial charge < -0.3 is 15.0 Å². The maximum atomic E-state index is 12.6. The van der Waals surface area contributed by atoms with Gasteiger partial charge in [-0.1, -0.05) is 19.8 Å². The van der Waals surface area contributed by atoms with Crippen molar-refractivity contribution in [2.75, 3.05) is 5.32 Å². The number of carbonyl (C=O) groups excluding carboxylic acids is 2. The molecule has 0 aromatic heterocycles. The van der Waals surface area contributed by atoms with Gasteiger partial charge in [0.05, 0.1) is 0 Å². The van der Waals surface area contributed by atoms with Crippen LogP contribution in [0.3, 0.4) is 0 Å². The number of amides is 2. The molecular formula is C20H28N2O3. The molecule has 1 saturated carbocycles. The molecule has 1 fully saturated rings. The molecule has 25 heavy (non-hydrogen) atoms. The molecule has 1 aromatic carbocycles. The Morgan fingerprint density at radius 3 is 2.76 bits per heavy atom. The first kappa shape index (κ1) is 17.8. The van der Waals surface area contributed by atoms with E-state index in [0.29, 0.717) is 6.54 Å². The Bertz CT molecular complexity index is 652. The van der Waals surface area contributed by atoms with Gasteiger partial charge in [0.25, 0.3) is 5.91 Å². The lowest BCUT2D eigenvalue weighted by Crippen LogP contribution is -2.42. The number of hydrogen-bond acceptors (Lipinski definition) is 3. The summed E-state index contributed by atoms with van der Waals surface area (Å²) >= 11 is 0. The predicted molar refractivity (Wildman–Crippen MR) is 97.4 cm³/mol. The number of hydrogen-bond donors (Lipinski definition) is 1. The van der Waals surface area contributed by atoms with Crippen molar-refractivity contribution in [3.05, 3.63) is 23.8 Å². The minimum atomic E-state index is -0.492. The third kappa shape index (κ3) is 3.80. The molecule has 2 amide bonds. The first-order chi connectivity index (χ1) is 12.0. The molecule has 3 rings (SSSR count). The Labute approximate surface area is 149 Å². The molecule has 0 unspecified atom stereocenters. The molecule has 1 heterocycles. The predicted octanol–water partition coefficient (Wildman–Crippen LogP) is 3.72. The smallest absolute Gasteiger partial charge is 0.263 e. The molecule has 1 aliphatic carbocycles. The van der Waals surface area contributed by atoms with Crippen LogP contribution in [0.5, 0.6) is 5.75 Å². The van der Waals surface area contributed by atoms with E-state index in [2.05, 4.69) is 19.2 Å². The molecule has 5 nitrogen and oxygen atoms in total. The molecule has 1 aliphatic heterocycles. The quantitative estimate of drug-likeness (QED) is 0.905. The van der Waals surface area contributed by atoms with Crippen molar-refractivity contribution in [3.8, 4) is 5.75 Å². The van der Waals surface area contributed by atoms with Crippen molar-refractivity contribution in [2.24, 2.45) is 5.92 Å². The van der Waals surface area contributed by atoms with Crippen LogP contribution in [0.2, 0.25) is 0 Å². The van der Waals surface area contributed by atoms with E-state index in [1.807, 2.05) is 23.1 Å². The van der Waals surface area contributed by atoms with Crippen molar-refractivity contribution < 1.29 is 14.3 Å². The molecular weight excluding hydrogens is 316 g/mol. The number of anilines is 1. The largest absolute Gasteiger partial charge is 0.481 e. The van der Waals surface area contributed by atoms with E-state index in [1.165, 1.54) is 0 Å². The van der Waals surface area contributed by atoms with Crippen molar-refractivity contribution in [3.63, 3.8) is 0 Å². The highest BCUT2D eigenvalue weighted by atomic mass is 16.5. The zero-order chi connectivity index (χ0) is 18.0. The Hall–Kier alpha value is -2.04. The molecule has 0 saturated heterocycles. The third-order valence-electron chi connectivity index (χ3n) is 5.45. The molecule has 1 aromatic rings.